The maximum atomic E-state index is 13.0. The molecule has 0 N–H and O–H groups in total. The van der Waals surface area contributed by atoms with E-state index in [9.17, 15) is 8.42 Å². The van der Waals surface area contributed by atoms with Gasteiger partial charge in [0.25, 0.3) is 0 Å². The van der Waals surface area contributed by atoms with Crippen molar-refractivity contribution in [3.63, 3.8) is 0 Å². The number of rotatable bonds is 3. The number of piperidine rings is 1. The van der Waals surface area contributed by atoms with Gasteiger partial charge in [-0.1, -0.05) is 25.1 Å². The van der Waals surface area contributed by atoms with Crippen molar-refractivity contribution in [2.24, 2.45) is 5.92 Å². The molecule has 0 radical (unpaired) electrons. The van der Waals surface area contributed by atoms with E-state index < -0.39 is 10.0 Å². The molecular formula is C20H23N3O2S. The molecule has 1 fully saturated rings. The second-order valence-electron chi connectivity index (χ2n) is 7.24. The Balaban J connectivity index is 1.71. The Bertz CT molecular complexity index is 1060. The number of nitrogens with zero attached hydrogens (tertiary/aromatic N) is 3. The van der Waals surface area contributed by atoms with E-state index in [2.05, 4.69) is 11.9 Å². The topological polar surface area (TPSA) is 54.7 Å². The van der Waals surface area contributed by atoms with Gasteiger partial charge in [-0.3, -0.25) is 0 Å². The quantitative estimate of drug-likeness (QED) is 0.707. The number of aromatic nitrogens is 2. The summed E-state index contributed by atoms with van der Waals surface area (Å²) in [6, 6.07) is 11.1. The summed E-state index contributed by atoms with van der Waals surface area (Å²) in [6.07, 6.45) is 5.97. The first-order valence-corrected chi connectivity index (χ1v) is 10.4. The van der Waals surface area contributed by atoms with Crippen molar-refractivity contribution < 1.29 is 8.42 Å². The SMILES string of the molecule is Cc1ccc2nc(-c3cccc(S(=O)(=O)N4CCC[C@H](C)C4)c3)cn2c1. The van der Waals surface area contributed by atoms with Gasteiger partial charge in [0.15, 0.2) is 0 Å². The van der Waals surface area contributed by atoms with E-state index in [1.165, 1.54) is 0 Å². The molecule has 0 spiro atoms. The van der Waals surface area contributed by atoms with Gasteiger partial charge in [0.2, 0.25) is 10.0 Å². The lowest BCUT2D eigenvalue weighted by Crippen LogP contribution is -2.39. The van der Waals surface area contributed by atoms with Gasteiger partial charge in [-0.15, -0.1) is 0 Å². The zero-order chi connectivity index (χ0) is 18.3. The molecule has 4 rings (SSSR count). The molecule has 26 heavy (non-hydrogen) atoms. The molecule has 0 amide bonds. The van der Waals surface area contributed by atoms with Crippen molar-refractivity contribution in [1.29, 1.82) is 0 Å². The summed E-state index contributed by atoms with van der Waals surface area (Å²) in [7, 11) is -3.46. The highest BCUT2D eigenvalue weighted by Crippen LogP contribution is 2.27. The van der Waals surface area contributed by atoms with Gasteiger partial charge >= 0.3 is 0 Å². The highest BCUT2D eigenvalue weighted by atomic mass is 32.2. The molecule has 0 bridgehead atoms. The lowest BCUT2D eigenvalue weighted by molar-refractivity contribution is 0.281. The van der Waals surface area contributed by atoms with Crippen molar-refractivity contribution >= 4 is 15.7 Å². The van der Waals surface area contributed by atoms with E-state index in [1.54, 1.807) is 22.5 Å². The van der Waals surface area contributed by atoms with Gasteiger partial charge in [-0.25, -0.2) is 13.4 Å². The minimum atomic E-state index is -3.46. The third-order valence-electron chi connectivity index (χ3n) is 4.99. The summed E-state index contributed by atoms with van der Waals surface area (Å²) in [5.74, 6) is 0.406. The summed E-state index contributed by atoms with van der Waals surface area (Å²) in [5, 5.41) is 0. The van der Waals surface area contributed by atoms with Crippen molar-refractivity contribution in [3.8, 4) is 11.3 Å². The lowest BCUT2D eigenvalue weighted by atomic mass is 10.0. The van der Waals surface area contributed by atoms with Gasteiger partial charge in [-0.05, 0) is 49.4 Å². The maximum absolute atomic E-state index is 13.0. The van der Waals surface area contributed by atoms with Gasteiger partial charge in [0.1, 0.15) is 5.65 Å². The van der Waals surface area contributed by atoms with E-state index in [1.807, 2.05) is 41.9 Å². The number of sulfonamides is 1. The van der Waals surface area contributed by atoms with Crippen molar-refractivity contribution in [1.82, 2.24) is 13.7 Å². The molecule has 3 aromatic rings. The average molecular weight is 369 g/mol. The van der Waals surface area contributed by atoms with Crippen LogP contribution in [0.15, 0.2) is 53.7 Å². The van der Waals surface area contributed by atoms with Crippen LogP contribution in [0.4, 0.5) is 0 Å². The number of fused-ring (bicyclic) bond motifs is 1. The predicted octanol–water partition coefficient (Wildman–Crippen LogP) is 3.73. The van der Waals surface area contributed by atoms with Crippen LogP contribution in [-0.4, -0.2) is 35.2 Å². The van der Waals surface area contributed by atoms with Gasteiger partial charge in [0, 0.05) is 31.0 Å². The Kier molecular flexibility index (Phi) is 4.32. The lowest BCUT2D eigenvalue weighted by Gasteiger charge is -2.30. The van der Waals surface area contributed by atoms with E-state index in [0.717, 1.165) is 35.3 Å². The summed E-state index contributed by atoms with van der Waals surface area (Å²) < 4.78 is 29.7. The van der Waals surface area contributed by atoms with Crippen molar-refractivity contribution in [2.75, 3.05) is 13.1 Å². The minimum absolute atomic E-state index is 0.345. The van der Waals surface area contributed by atoms with Crippen molar-refractivity contribution in [2.45, 2.75) is 31.6 Å². The van der Waals surface area contributed by atoms with Crippen LogP contribution in [0.25, 0.3) is 16.9 Å². The molecule has 1 aromatic carbocycles. The molecule has 2 aromatic heterocycles. The molecule has 5 nitrogen and oxygen atoms in total. The molecule has 0 saturated carbocycles. The van der Waals surface area contributed by atoms with Gasteiger partial charge in [0.05, 0.1) is 10.6 Å². The van der Waals surface area contributed by atoms with Gasteiger partial charge in [-0.2, -0.15) is 4.31 Å². The smallest absolute Gasteiger partial charge is 0.243 e. The highest BCUT2D eigenvalue weighted by Gasteiger charge is 2.28. The first-order valence-electron chi connectivity index (χ1n) is 8.99. The Hall–Kier alpha value is -2.18. The Morgan fingerprint density at radius 2 is 2.00 bits per heavy atom. The molecule has 1 aliphatic heterocycles. The standard InChI is InChI=1S/C20H23N3O2S/c1-15-5-4-10-23(13-15)26(24,25)18-7-3-6-17(11-18)19-14-22-12-16(2)8-9-20(22)21-19/h3,6-9,11-12,14-15H,4-5,10,13H2,1-2H3/t15-/m0/s1. The third-order valence-corrected chi connectivity index (χ3v) is 6.85. The summed E-state index contributed by atoms with van der Waals surface area (Å²) in [4.78, 5) is 4.97. The highest BCUT2D eigenvalue weighted by molar-refractivity contribution is 7.89. The molecule has 6 heteroatoms. The largest absolute Gasteiger partial charge is 0.306 e. The summed E-state index contributed by atoms with van der Waals surface area (Å²) in [6.45, 7) is 5.34. The molecule has 3 heterocycles. The predicted molar refractivity (Wildman–Crippen MR) is 103 cm³/mol. The normalized spacial score (nSPS) is 19.1. The fraction of sp³-hybridized carbons (Fsp3) is 0.350. The molecule has 136 valence electrons. The van der Waals surface area contributed by atoms with Crippen LogP contribution >= 0.6 is 0 Å². The zero-order valence-corrected chi connectivity index (χ0v) is 15.9. The first-order chi connectivity index (χ1) is 12.4. The van der Waals surface area contributed by atoms with Crippen LogP contribution in [-0.2, 0) is 10.0 Å². The number of aryl methyl sites for hydroxylation is 1. The van der Waals surface area contributed by atoms with Crippen LogP contribution in [0.3, 0.4) is 0 Å². The number of benzene rings is 1. The monoisotopic (exact) mass is 369 g/mol. The second kappa shape index (κ2) is 6.52. The Morgan fingerprint density at radius 1 is 1.15 bits per heavy atom. The number of hydrogen-bond donors (Lipinski definition) is 0. The molecule has 0 unspecified atom stereocenters. The summed E-state index contributed by atoms with van der Waals surface area (Å²) in [5.41, 5.74) is 3.60. The Labute approximate surface area is 154 Å². The molecule has 1 atom stereocenters. The molecular weight excluding hydrogens is 346 g/mol. The number of imidazole rings is 1. The third kappa shape index (κ3) is 3.15. The second-order valence-corrected chi connectivity index (χ2v) is 9.17. The average Bonchev–Trinajstić information content (AvgIpc) is 3.05. The van der Waals surface area contributed by atoms with E-state index in [-0.39, 0.29) is 0 Å². The van der Waals surface area contributed by atoms with E-state index >= 15 is 0 Å². The minimum Gasteiger partial charge on any atom is -0.306 e. The van der Waals surface area contributed by atoms with Crippen LogP contribution < -0.4 is 0 Å². The molecule has 1 saturated heterocycles. The van der Waals surface area contributed by atoms with Crippen LogP contribution in [0, 0.1) is 12.8 Å². The van der Waals surface area contributed by atoms with Gasteiger partial charge < -0.3 is 4.40 Å². The number of hydrogen-bond acceptors (Lipinski definition) is 3. The maximum Gasteiger partial charge on any atom is 0.243 e. The molecule has 1 aliphatic rings. The van der Waals surface area contributed by atoms with Crippen LogP contribution in [0.1, 0.15) is 25.3 Å². The van der Waals surface area contributed by atoms with Crippen molar-refractivity contribution in [3.05, 3.63) is 54.4 Å². The first kappa shape index (κ1) is 17.2. The fourth-order valence-corrected chi connectivity index (χ4v) is 5.22. The Morgan fingerprint density at radius 3 is 2.81 bits per heavy atom. The molecule has 0 aliphatic carbocycles. The van der Waals surface area contributed by atoms with Crippen LogP contribution in [0.5, 0.6) is 0 Å². The number of pyridine rings is 1. The fourth-order valence-electron chi connectivity index (χ4n) is 3.57. The van der Waals surface area contributed by atoms with E-state index in [4.69, 9.17) is 0 Å². The zero-order valence-electron chi connectivity index (χ0n) is 15.1. The van der Waals surface area contributed by atoms with E-state index in [0.29, 0.717) is 23.9 Å². The van der Waals surface area contributed by atoms with Crippen LogP contribution in [0.2, 0.25) is 0 Å². The summed E-state index contributed by atoms with van der Waals surface area (Å²) >= 11 is 0.